The van der Waals surface area contributed by atoms with Crippen molar-refractivity contribution >= 4 is 11.9 Å². The number of nitrogens with one attached hydrogen (secondary N) is 1. The van der Waals surface area contributed by atoms with Crippen LogP contribution < -0.4 is 11.1 Å². The molecule has 0 atom stereocenters. The van der Waals surface area contributed by atoms with Crippen molar-refractivity contribution in [3.05, 3.63) is 0 Å². The maximum absolute atomic E-state index is 10.4. The van der Waals surface area contributed by atoms with Crippen LogP contribution in [0.15, 0.2) is 5.16 Å². The zero-order valence-electron chi connectivity index (χ0n) is 6.76. The van der Waals surface area contributed by atoms with Crippen molar-refractivity contribution in [1.29, 1.82) is 0 Å². The van der Waals surface area contributed by atoms with Gasteiger partial charge in [0.05, 0.1) is 0 Å². The lowest BCUT2D eigenvalue weighted by atomic mass is 10.5. The minimum atomic E-state index is -0.258. The van der Waals surface area contributed by atoms with Crippen LogP contribution in [0.2, 0.25) is 0 Å². The monoisotopic (exact) mass is 159 g/mol. The van der Waals surface area contributed by atoms with Crippen LogP contribution in [0.4, 0.5) is 0 Å². The first kappa shape index (κ1) is 9.74. The normalized spacial score (nSPS) is 10.9. The smallest absolute Gasteiger partial charge is 0.237 e. The molecule has 0 aliphatic rings. The summed E-state index contributed by atoms with van der Waals surface area (Å²) in [6, 6.07) is 0. The lowest BCUT2D eigenvalue weighted by Crippen LogP contribution is -2.35. The third kappa shape index (κ3) is 6.63. The molecule has 5 nitrogen and oxygen atoms in total. The summed E-state index contributed by atoms with van der Waals surface area (Å²) in [5.41, 5.74) is 5.21. The van der Waals surface area contributed by atoms with Crippen LogP contribution in [-0.2, 0) is 9.63 Å². The van der Waals surface area contributed by atoms with E-state index in [9.17, 15) is 4.79 Å². The van der Waals surface area contributed by atoms with E-state index in [1.807, 2.05) is 6.92 Å². The van der Waals surface area contributed by atoms with Crippen molar-refractivity contribution in [1.82, 2.24) is 5.32 Å². The third-order valence-electron chi connectivity index (χ3n) is 0.762. The number of oxime groups is 1. The third-order valence-corrected chi connectivity index (χ3v) is 0.762. The molecule has 0 bridgehead atoms. The van der Waals surface area contributed by atoms with Crippen molar-refractivity contribution in [3.63, 3.8) is 0 Å². The maximum atomic E-state index is 10.4. The van der Waals surface area contributed by atoms with Gasteiger partial charge in [-0.1, -0.05) is 6.92 Å². The molecule has 0 fully saturated rings. The van der Waals surface area contributed by atoms with Crippen molar-refractivity contribution in [2.24, 2.45) is 10.9 Å². The number of carbonyl (C=O) groups is 1. The number of nitrogens with zero attached hydrogens (tertiary/aromatic N) is 1. The number of hydrogen-bond donors (Lipinski definition) is 2. The summed E-state index contributed by atoms with van der Waals surface area (Å²) < 4.78 is 0. The van der Waals surface area contributed by atoms with Crippen molar-refractivity contribution in [2.45, 2.75) is 20.3 Å². The molecular formula is C6H13N3O2. The predicted molar refractivity (Wildman–Crippen MR) is 41.7 cm³/mol. The van der Waals surface area contributed by atoms with Crippen molar-refractivity contribution in [2.75, 3.05) is 6.61 Å². The first-order valence-electron chi connectivity index (χ1n) is 3.39. The van der Waals surface area contributed by atoms with E-state index >= 15 is 0 Å². The van der Waals surface area contributed by atoms with Gasteiger partial charge < -0.3 is 10.6 Å². The Morgan fingerprint density at radius 1 is 1.73 bits per heavy atom. The topological polar surface area (TPSA) is 76.7 Å². The number of carbonyl (C=O) groups excluding carboxylic acids is 1. The number of hydrogen-bond acceptors (Lipinski definition) is 3. The highest BCUT2D eigenvalue weighted by atomic mass is 16.6. The molecule has 64 valence electrons. The minimum Gasteiger partial charge on any atom is -0.393 e. The molecule has 0 aliphatic heterocycles. The fourth-order valence-electron chi connectivity index (χ4n) is 0.410. The van der Waals surface area contributed by atoms with Crippen molar-refractivity contribution < 1.29 is 9.63 Å². The summed E-state index contributed by atoms with van der Waals surface area (Å²) in [5.74, 6) is -0.266. The van der Waals surface area contributed by atoms with Gasteiger partial charge in [-0.25, -0.2) is 0 Å². The van der Waals surface area contributed by atoms with Crippen LogP contribution in [0.1, 0.15) is 20.3 Å². The quantitative estimate of drug-likeness (QED) is 0.258. The Bertz CT molecular complexity index is 156. The second-order valence-electron chi connectivity index (χ2n) is 1.99. The number of rotatable bonds is 3. The zero-order chi connectivity index (χ0) is 8.69. The molecule has 0 radical (unpaired) electrons. The average molecular weight is 159 g/mol. The van der Waals surface area contributed by atoms with Gasteiger partial charge in [0.15, 0.2) is 0 Å². The van der Waals surface area contributed by atoms with Crippen LogP contribution in [-0.4, -0.2) is 18.5 Å². The molecule has 0 rings (SSSR count). The minimum absolute atomic E-state index is 0.00838. The number of nitrogens with two attached hydrogens (primary N) is 1. The summed E-state index contributed by atoms with van der Waals surface area (Å²) in [6.45, 7) is 3.80. The predicted octanol–water partition coefficient (Wildman–Crippen LogP) is -0.221. The fraction of sp³-hybridized carbons (Fsp3) is 0.667. The van der Waals surface area contributed by atoms with Gasteiger partial charge in [-0.05, 0) is 11.6 Å². The van der Waals surface area contributed by atoms with E-state index in [1.54, 1.807) is 0 Å². The maximum Gasteiger partial charge on any atom is 0.237 e. The van der Waals surface area contributed by atoms with Gasteiger partial charge in [-0.3, -0.25) is 10.1 Å². The highest BCUT2D eigenvalue weighted by Gasteiger charge is 1.93. The van der Waals surface area contributed by atoms with Gasteiger partial charge >= 0.3 is 0 Å². The first-order valence-corrected chi connectivity index (χ1v) is 3.39. The van der Waals surface area contributed by atoms with Crippen LogP contribution >= 0.6 is 0 Å². The van der Waals surface area contributed by atoms with Gasteiger partial charge in [0.2, 0.25) is 11.9 Å². The molecule has 5 heteroatoms. The van der Waals surface area contributed by atoms with Gasteiger partial charge in [0.1, 0.15) is 6.61 Å². The second kappa shape index (κ2) is 5.52. The second-order valence-corrected chi connectivity index (χ2v) is 1.99. The van der Waals surface area contributed by atoms with Gasteiger partial charge in [0, 0.05) is 6.92 Å². The summed E-state index contributed by atoms with van der Waals surface area (Å²) in [4.78, 5) is 15.1. The van der Waals surface area contributed by atoms with Crippen LogP contribution in [0.3, 0.4) is 0 Å². The molecule has 0 saturated carbocycles. The van der Waals surface area contributed by atoms with E-state index in [4.69, 9.17) is 10.6 Å². The van der Waals surface area contributed by atoms with E-state index in [0.717, 1.165) is 6.42 Å². The zero-order valence-corrected chi connectivity index (χ0v) is 6.76. The summed E-state index contributed by atoms with van der Waals surface area (Å²) in [5, 5.41) is 5.68. The lowest BCUT2D eigenvalue weighted by Gasteiger charge is -1.99. The molecule has 0 aromatic rings. The SMILES string of the molecule is CCCO/N=C(/N)NC(C)=O. The highest BCUT2D eigenvalue weighted by molar-refractivity contribution is 5.94. The largest absolute Gasteiger partial charge is 0.393 e. The van der Waals surface area contributed by atoms with Gasteiger partial charge in [-0.15, -0.1) is 0 Å². The van der Waals surface area contributed by atoms with Gasteiger partial charge in [0.25, 0.3) is 0 Å². The number of guanidine groups is 1. The molecule has 0 unspecified atom stereocenters. The molecule has 0 aromatic carbocycles. The molecule has 0 heterocycles. The Balaban J connectivity index is 3.54. The first-order chi connectivity index (χ1) is 5.16. The fourth-order valence-corrected chi connectivity index (χ4v) is 0.410. The van der Waals surface area contributed by atoms with Crippen LogP contribution in [0, 0.1) is 0 Å². The lowest BCUT2D eigenvalue weighted by molar-refractivity contribution is -0.117. The van der Waals surface area contributed by atoms with E-state index in [1.165, 1.54) is 6.92 Å². The molecule has 0 saturated heterocycles. The standard InChI is InChI=1S/C6H13N3O2/c1-3-4-11-9-6(7)8-5(2)10/h3-4H2,1-2H3,(H3,7,8,9,10). The summed E-state index contributed by atoms with van der Waals surface area (Å²) >= 11 is 0. The Labute approximate surface area is 65.6 Å². The van der Waals surface area contributed by atoms with Gasteiger partial charge in [-0.2, -0.15) is 0 Å². The molecule has 0 spiro atoms. The average Bonchev–Trinajstić information content (AvgIpc) is 1.86. The number of amides is 1. The summed E-state index contributed by atoms with van der Waals surface area (Å²) in [7, 11) is 0. The van der Waals surface area contributed by atoms with Crippen LogP contribution in [0.5, 0.6) is 0 Å². The van der Waals surface area contributed by atoms with E-state index in [-0.39, 0.29) is 11.9 Å². The molecular weight excluding hydrogens is 146 g/mol. The molecule has 3 N–H and O–H groups in total. The molecule has 11 heavy (non-hydrogen) atoms. The van der Waals surface area contributed by atoms with Crippen LogP contribution in [0.25, 0.3) is 0 Å². The summed E-state index contributed by atoms with van der Waals surface area (Å²) in [6.07, 6.45) is 0.858. The van der Waals surface area contributed by atoms with E-state index in [0.29, 0.717) is 6.61 Å². The Morgan fingerprint density at radius 3 is 2.82 bits per heavy atom. The van der Waals surface area contributed by atoms with E-state index in [2.05, 4.69) is 10.5 Å². The Hall–Kier alpha value is -1.26. The molecule has 0 aliphatic carbocycles. The highest BCUT2D eigenvalue weighted by Crippen LogP contribution is 1.79. The Morgan fingerprint density at radius 2 is 2.36 bits per heavy atom. The Kier molecular flexibility index (Phi) is 4.89. The van der Waals surface area contributed by atoms with Crippen molar-refractivity contribution in [3.8, 4) is 0 Å². The molecule has 0 aromatic heterocycles. The molecule has 1 amide bonds. The van der Waals surface area contributed by atoms with E-state index < -0.39 is 0 Å².